The molecule has 0 unspecified atom stereocenters. The number of ether oxygens (including phenoxy) is 1. The smallest absolute Gasteiger partial charge is 0.260 e. The second kappa shape index (κ2) is 9.78. The number of rotatable bonds is 7. The Morgan fingerprint density at radius 1 is 1.26 bits per heavy atom. The van der Waals surface area contributed by atoms with E-state index in [1.165, 1.54) is 0 Å². The summed E-state index contributed by atoms with van der Waals surface area (Å²) >= 11 is 4.96. The Labute approximate surface area is 142 Å². The van der Waals surface area contributed by atoms with Crippen LogP contribution in [-0.2, 0) is 4.79 Å². The van der Waals surface area contributed by atoms with E-state index in [-0.39, 0.29) is 12.5 Å². The summed E-state index contributed by atoms with van der Waals surface area (Å²) in [6.07, 6.45) is 0. The number of thiocarbonyl (C=S) groups is 1. The molecule has 0 saturated heterocycles. The van der Waals surface area contributed by atoms with E-state index >= 15 is 0 Å². The van der Waals surface area contributed by atoms with Crippen LogP contribution in [0.1, 0.15) is 26.3 Å². The second-order valence-corrected chi connectivity index (χ2v) is 5.18. The largest absolute Gasteiger partial charge is 0.484 e. The van der Waals surface area contributed by atoms with Crippen molar-refractivity contribution in [2.75, 3.05) is 26.7 Å². The van der Waals surface area contributed by atoms with Gasteiger partial charge in [-0.15, -0.1) is 0 Å². The van der Waals surface area contributed by atoms with Crippen molar-refractivity contribution in [3.05, 3.63) is 29.8 Å². The van der Waals surface area contributed by atoms with Crippen molar-refractivity contribution in [2.24, 2.45) is 5.10 Å². The van der Waals surface area contributed by atoms with Crippen LogP contribution in [0.3, 0.4) is 0 Å². The van der Waals surface area contributed by atoms with Gasteiger partial charge in [0.1, 0.15) is 5.75 Å². The lowest BCUT2D eigenvalue weighted by Gasteiger charge is -2.18. The van der Waals surface area contributed by atoms with E-state index < -0.39 is 0 Å². The van der Waals surface area contributed by atoms with Crippen molar-refractivity contribution in [1.29, 1.82) is 0 Å². The zero-order valence-electron chi connectivity index (χ0n) is 14.0. The van der Waals surface area contributed by atoms with Gasteiger partial charge in [0.2, 0.25) is 0 Å². The molecule has 0 heterocycles. The van der Waals surface area contributed by atoms with Gasteiger partial charge in [-0.3, -0.25) is 10.2 Å². The molecule has 0 aliphatic rings. The Kier molecular flexibility index (Phi) is 8.04. The van der Waals surface area contributed by atoms with Crippen LogP contribution in [0.4, 0.5) is 0 Å². The summed E-state index contributed by atoms with van der Waals surface area (Å²) in [6, 6.07) is 7.42. The number of nitrogens with one attached hydrogen (secondary N) is 2. The Hall–Kier alpha value is -2.15. The third-order valence-electron chi connectivity index (χ3n) is 3.30. The van der Waals surface area contributed by atoms with Gasteiger partial charge in [-0.25, -0.2) is 0 Å². The Bertz CT molecular complexity index is 554. The van der Waals surface area contributed by atoms with E-state index in [2.05, 4.69) is 15.8 Å². The van der Waals surface area contributed by atoms with E-state index in [0.717, 1.165) is 11.3 Å². The van der Waals surface area contributed by atoms with Gasteiger partial charge in [0.25, 0.3) is 5.91 Å². The second-order valence-electron chi connectivity index (χ2n) is 4.77. The highest BCUT2D eigenvalue weighted by atomic mass is 32.1. The highest BCUT2D eigenvalue weighted by molar-refractivity contribution is 7.80. The third kappa shape index (κ3) is 6.23. The average Bonchev–Trinajstić information content (AvgIpc) is 2.59. The summed E-state index contributed by atoms with van der Waals surface area (Å²) < 4.78 is 5.53. The molecule has 0 fully saturated rings. The maximum atomic E-state index is 11.9. The molecule has 0 spiro atoms. The van der Waals surface area contributed by atoms with Crippen LogP contribution in [0.25, 0.3) is 0 Å². The first kappa shape index (κ1) is 18.9. The van der Waals surface area contributed by atoms with Gasteiger partial charge < -0.3 is 15.0 Å². The highest BCUT2D eigenvalue weighted by Gasteiger charge is 2.10. The SMILES string of the molecule is CCN(CC)C(=O)COc1ccc(/C(C)=N\NC(=S)NC)cc1. The molecule has 6 nitrogen and oxygen atoms in total. The zero-order valence-corrected chi connectivity index (χ0v) is 14.9. The predicted molar refractivity (Wildman–Crippen MR) is 96.9 cm³/mol. The monoisotopic (exact) mass is 336 g/mol. The molecular formula is C16H24N4O2S. The molecule has 0 bridgehead atoms. The quantitative estimate of drug-likeness (QED) is 0.451. The highest BCUT2D eigenvalue weighted by Crippen LogP contribution is 2.13. The Balaban J connectivity index is 2.59. The molecule has 2 N–H and O–H groups in total. The number of hydrazone groups is 1. The molecule has 0 atom stereocenters. The number of amides is 1. The predicted octanol–water partition coefficient (Wildman–Crippen LogP) is 1.75. The molecule has 0 aliphatic carbocycles. The lowest BCUT2D eigenvalue weighted by atomic mass is 10.1. The van der Waals surface area contributed by atoms with Crippen LogP contribution < -0.4 is 15.5 Å². The summed E-state index contributed by atoms with van der Waals surface area (Å²) in [6.45, 7) is 7.21. The molecule has 0 aliphatic heterocycles. The van der Waals surface area contributed by atoms with E-state index in [0.29, 0.717) is 24.0 Å². The van der Waals surface area contributed by atoms with Crippen molar-refractivity contribution in [1.82, 2.24) is 15.6 Å². The van der Waals surface area contributed by atoms with Crippen LogP contribution in [-0.4, -0.2) is 48.4 Å². The molecule has 1 aromatic carbocycles. The number of benzene rings is 1. The molecule has 0 aromatic heterocycles. The van der Waals surface area contributed by atoms with Crippen molar-refractivity contribution < 1.29 is 9.53 Å². The molecule has 1 amide bonds. The van der Waals surface area contributed by atoms with E-state index in [4.69, 9.17) is 17.0 Å². The number of hydrogen-bond acceptors (Lipinski definition) is 4. The first-order valence-corrected chi connectivity index (χ1v) is 7.95. The summed E-state index contributed by atoms with van der Waals surface area (Å²) in [5, 5.41) is 7.42. The molecule has 0 saturated carbocycles. The topological polar surface area (TPSA) is 66.0 Å². The number of carbonyl (C=O) groups excluding carboxylic acids is 1. The van der Waals surface area contributed by atoms with Crippen molar-refractivity contribution in [2.45, 2.75) is 20.8 Å². The van der Waals surface area contributed by atoms with Gasteiger partial charge in [0.15, 0.2) is 11.7 Å². The number of hydrogen-bond donors (Lipinski definition) is 2. The van der Waals surface area contributed by atoms with Crippen molar-refractivity contribution in [3.8, 4) is 5.75 Å². The molecule has 126 valence electrons. The molecule has 7 heteroatoms. The summed E-state index contributed by atoms with van der Waals surface area (Å²) in [7, 11) is 1.73. The maximum Gasteiger partial charge on any atom is 0.260 e. The van der Waals surface area contributed by atoms with E-state index in [1.807, 2.05) is 45.0 Å². The van der Waals surface area contributed by atoms with Gasteiger partial charge >= 0.3 is 0 Å². The lowest BCUT2D eigenvalue weighted by molar-refractivity contribution is -0.132. The first-order valence-electron chi connectivity index (χ1n) is 7.54. The van der Waals surface area contributed by atoms with Gasteiger partial charge in [-0.1, -0.05) is 0 Å². The van der Waals surface area contributed by atoms with Gasteiger partial charge in [0.05, 0.1) is 5.71 Å². The van der Waals surface area contributed by atoms with Gasteiger partial charge in [-0.05, 0) is 62.8 Å². The molecule has 1 rings (SSSR count). The fourth-order valence-corrected chi connectivity index (χ4v) is 1.91. The van der Waals surface area contributed by atoms with Gasteiger partial charge in [0, 0.05) is 20.1 Å². The maximum absolute atomic E-state index is 11.9. The number of nitrogens with zero attached hydrogens (tertiary/aromatic N) is 2. The summed E-state index contributed by atoms with van der Waals surface area (Å²) in [5.74, 6) is 0.641. The van der Waals surface area contributed by atoms with Crippen molar-refractivity contribution >= 4 is 28.9 Å². The fourth-order valence-electron chi connectivity index (χ4n) is 1.86. The zero-order chi connectivity index (χ0) is 17.2. The van der Waals surface area contributed by atoms with Crippen LogP contribution >= 0.6 is 12.2 Å². The minimum absolute atomic E-state index is 0.0124. The van der Waals surface area contributed by atoms with Crippen LogP contribution in [0.5, 0.6) is 5.75 Å². The molecule has 0 radical (unpaired) electrons. The minimum atomic E-state index is -0.0124. The van der Waals surface area contributed by atoms with Crippen molar-refractivity contribution in [3.63, 3.8) is 0 Å². The number of likely N-dealkylation sites (N-methyl/N-ethyl adjacent to an activating group) is 1. The minimum Gasteiger partial charge on any atom is -0.484 e. The van der Waals surface area contributed by atoms with E-state index in [1.54, 1.807) is 11.9 Å². The van der Waals surface area contributed by atoms with Crippen LogP contribution in [0.15, 0.2) is 29.4 Å². The molecular weight excluding hydrogens is 312 g/mol. The average molecular weight is 336 g/mol. The Morgan fingerprint density at radius 3 is 2.39 bits per heavy atom. The first-order chi connectivity index (χ1) is 11.0. The Morgan fingerprint density at radius 2 is 1.87 bits per heavy atom. The summed E-state index contributed by atoms with van der Waals surface area (Å²) in [5.41, 5.74) is 4.48. The molecule has 23 heavy (non-hydrogen) atoms. The van der Waals surface area contributed by atoms with E-state index in [9.17, 15) is 4.79 Å². The normalized spacial score (nSPS) is 10.9. The van der Waals surface area contributed by atoms with Gasteiger partial charge in [-0.2, -0.15) is 5.10 Å². The van der Waals surface area contributed by atoms with Crippen LogP contribution in [0.2, 0.25) is 0 Å². The molecule has 1 aromatic rings. The van der Waals surface area contributed by atoms with Crippen LogP contribution in [0, 0.1) is 0 Å². The lowest BCUT2D eigenvalue weighted by Crippen LogP contribution is -2.34. The fraction of sp³-hybridized carbons (Fsp3) is 0.438. The summed E-state index contributed by atoms with van der Waals surface area (Å²) in [4.78, 5) is 13.6. The standard InChI is InChI=1S/C16H24N4O2S/c1-5-20(6-2)15(21)11-22-14-9-7-13(8-10-14)12(3)18-19-16(23)17-4/h7-10H,5-6,11H2,1-4H3,(H2,17,19,23)/b18-12-. The number of carbonyl (C=O) groups is 1. The third-order valence-corrected chi connectivity index (χ3v) is 3.60.